The van der Waals surface area contributed by atoms with E-state index in [2.05, 4.69) is 49.5 Å². The number of nitrogens with one attached hydrogen (secondary N) is 4. The molecule has 3 heterocycles. The van der Waals surface area contributed by atoms with Gasteiger partial charge in [-0.25, -0.2) is 15.0 Å². The van der Waals surface area contributed by atoms with Crippen molar-refractivity contribution in [2.75, 3.05) is 10.0 Å². The van der Waals surface area contributed by atoms with Crippen molar-refractivity contribution in [2.45, 2.75) is 85.2 Å². The molecule has 0 amide bonds. The first-order valence-electron chi connectivity index (χ1n) is 13.2. The smallest absolute Gasteiger partial charge is 0.227 e. The number of aromatic nitrogens is 4. The average Bonchev–Trinajstić information content (AvgIpc) is 2.86. The molecule has 5 N–H and O–H groups in total. The number of aliphatic hydroxyl groups is 1. The lowest BCUT2D eigenvalue weighted by Crippen LogP contribution is -2.38. The summed E-state index contributed by atoms with van der Waals surface area (Å²) in [6.45, 7) is 10.8. The third-order valence-corrected chi connectivity index (χ3v) is 6.61. The van der Waals surface area contributed by atoms with Gasteiger partial charge in [0.05, 0.1) is 5.69 Å². The Bertz CT molecular complexity index is 1230. The van der Waals surface area contributed by atoms with Gasteiger partial charge in [-0.15, -0.1) is 0 Å². The van der Waals surface area contributed by atoms with E-state index in [0.29, 0.717) is 18.1 Å². The molecule has 3 aromatic rings. The number of hydrogen-bond donors (Lipinski definition) is 5. The van der Waals surface area contributed by atoms with Crippen molar-refractivity contribution in [2.24, 2.45) is 0 Å². The van der Waals surface area contributed by atoms with Crippen LogP contribution in [0.3, 0.4) is 0 Å². The van der Waals surface area contributed by atoms with E-state index < -0.39 is 17.5 Å². The van der Waals surface area contributed by atoms with Crippen molar-refractivity contribution >= 4 is 28.7 Å². The van der Waals surface area contributed by atoms with Crippen molar-refractivity contribution in [3.63, 3.8) is 0 Å². The molecular weight excluding hydrogens is 516 g/mol. The lowest BCUT2D eigenvalue weighted by atomic mass is 10.0. The van der Waals surface area contributed by atoms with Gasteiger partial charge in [-0.1, -0.05) is 20.3 Å². The van der Waals surface area contributed by atoms with E-state index in [-0.39, 0.29) is 17.9 Å². The maximum atomic E-state index is 10.9. The van der Waals surface area contributed by atoms with Gasteiger partial charge in [0.2, 0.25) is 5.95 Å². The summed E-state index contributed by atoms with van der Waals surface area (Å²) in [5, 5.41) is 20.8. The van der Waals surface area contributed by atoms with Crippen LogP contribution in [0.25, 0.3) is 0 Å². The molecule has 0 fully saturated rings. The van der Waals surface area contributed by atoms with Gasteiger partial charge in [0, 0.05) is 64.9 Å². The summed E-state index contributed by atoms with van der Waals surface area (Å²) in [6.07, 6.45) is 5.95. The second kappa shape index (κ2) is 14.9. The summed E-state index contributed by atoms with van der Waals surface area (Å²) in [5.41, 5.74) is 5.33. The summed E-state index contributed by atoms with van der Waals surface area (Å²) in [6, 6.07) is 7.26. The van der Waals surface area contributed by atoms with Gasteiger partial charge in [0.25, 0.3) is 0 Å². The second-order valence-corrected chi connectivity index (χ2v) is 10.3. The van der Waals surface area contributed by atoms with Crippen molar-refractivity contribution in [1.29, 1.82) is 0 Å². The molecule has 39 heavy (non-hydrogen) atoms. The molecule has 12 heteroatoms. The van der Waals surface area contributed by atoms with Crippen LogP contribution in [0.4, 0.5) is 17.5 Å². The van der Waals surface area contributed by atoms with Crippen molar-refractivity contribution in [3.05, 3.63) is 64.9 Å². The zero-order chi connectivity index (χ0) is 28.4. The van der Waals surface area contributed by atoms with Crippen LogP contribution < -0.4 is 20.7 Å². The molecular formula is C27H39N8O3S-. The molecule has 0 saturated carbocycles. The molecule has 0 aliphatic rings. The highest BCUT2D eigenvalue weighted by atomic mass is 32.2. The molecule has 0 aromatic carbocycles. The Kier molecular flexibility index (Phi) is 11.7. The predicted molar refractivity (Wildman–Crippen MR) is 153 cm³/mol. The zero-order valence-electron chi connectivity index (χ0n) is 23.2. The Morgan fingerprint density at radius 2 is 1.85 bits per heavy atom. The summed E-state index contributed by atoms with van der Waals surface area (Å²) in [4.78, 5) is 17.7. The van der Waals surface area contributed by atoms with Crippen LogP contribution in [0.5, 0.6) is 0 Å². The van der Waals surface area contributed by atoms with Crippen LogP contribution in [-0.2, 0) is 24.2 Å². The van der Waals surface area contributed by atoms with Crippen LogP contribution in [0.15, 0.2) is 36.7 Å². The third kappa shape index (κ3) is 9.90. The van der Waals surface area contributed by atoms with E-state index in [1.165, 1.54) is 12.3 Å². The summed E-state index contributed by atoms with van der Waals surface area (Å²) in [5.74, 6) is 0.700. The number of pyridine rings is 2. The molecule has 0 spiro atoms. The molecule has 212 valence electrons. The third-order valence-electron chi connectivity index (χ3n) is 6.24. The highest BCUT2D eigenvalue weighted by Crippen LogP contribution is 2.19. The van der Waals surface area contributed by atoms with Gasteiger partial charge in [0.1, 0.15) is 12.0 Å². The molecule has 3 aromatic heterocycles. The molecule has 11 nitrogen and oxygen atoms in total. The second-order valence-electron chi connectivity index (χ2n) is 9.67. The van der Waals surface area contributed by atoms with Gasteiger partial charge in [-0.2, -0.15) is 0 Å². The first-order chi connectivity index (χ1) is 18.7. The lowest BCUT2D eigenvalue weighted by Gasteiger charge is -2.25. The van der Waals surface area contributed by atoms with E-state index in [9.17, 15) is 13.9 Å². The number of rotatable bonds is 15. The monoisotopic (exact) mass is 555 g/mol. The van der Waals surface area contributed by atoms with Gasteiger partial charge >= 0.3 is 0 Å². The van der Waals surface area contributed by atoms with Crippen LogP contribution in [0, 0.1) is 13.8 Å². The molecule has 0 aliphatic carbocycles. The predicted octanol–water partition coefficient (Wildman–Crippen LogP) is 3.71. The molecule has 4 atom stereocenters. The summed E-state index contributed by atoms with van der Waals surface area (Å²) < 4.78 is 24.0. The van der Waals surface area contributed by atoms with Crippen molar-refractivity contribution in [1.82, 2.24) is 30.6 Å². The Hall–Kier alpha value is -3.03. The Morgan fingerprint density at radius 3 is 2.51 bits per heavy atom. The number of aliphatic hydroxyl groups excluding tert-OH is 1. The van der Waals surface area contributed by atoms with Crippen molar-refractivity contribution < 1.29 is 13.9 Å². The van der Waals surface area contributed by atoms with Gasteiger partial charge < -0.3 is 25.0 Å². The van der Waals surface area contributed by atoms with Gasteiger partial charge in [0.15, 0.2) is 0 Å². The van der Waals surface area contributed by atoms with Crippen LogP contribution in [-0.4, -0.2) is 45.9 Å². The highest BCUT2D eigenvalue weighted by molar-refractivity contribution is 7.80. The molecule has 0 bridgehead atoms. The number of anilines is 3. The van der Waals surface area contributed by atoms with Crippen LogP contribution >= 0.6 is 0 Å². The fourth-order valence-electron chi connectivity index (χ4n) is 4.50. The number of aryl methyl sites for hydroxylation is 3. The van der Waals surface area contributed by atoms with Crippen LogP contribution in [0.2, 0.25) is 0 Å². The zero-order valence-corrected chi connectivity index (χ0v) is 24.0. The lowest BCUT2D eigenvalue weighted by molar-refractivity contribution is 0.121. The van der Waals surface area contributed by atoms with E-state index in [1.54, 1.807) is 6.07 Å². The average molecular weight is 556 g/mol. The standard InChI is InChI=1S/C27H40N8O3S/c1-6-8-22(11-19(5)32-26(36)21-9-10-28-25(14-21)35-39(37)38)29-16-24-20(7-2)15-30-27(34-24)33-23-12-17(3)31-18(4)13-23/h9-10,12-15,19,22,26,29,32,36H,6-8,11,16H2,1-5H3,(H,28,35)(H,37,38)(H,30,31,33,34)/p-1/t19-,22-,26?/m1/s1. The van der Waals surface area contributed by atoms with Gasteiger partial charge in [-0.05, 0) is 69.9 Å². The maximum absolute atomic E-state index is 10.9. The van der Waals surface area contributed by atoms with E-state index >= 15 is 0 Å². The summed E-state index contributed by atoms with van der Waals surface area (Å²) in [7, 11) is 0. The van der Waals surface area contributed by atoms with E-state index in [0.717, 1.165) is 54.0 Å². The van der Waals surface area contributed by atoms with E-state index in [1.807, 2.05) is 39.1 Å². The molecule has 0 aliphatic heterocycles. The minimum absolute atomic E-state index is 0.0197. The van der Waals surface area contributed by atoms with E-state index in [4.69, 9.17) is 4.98 Å². The Balaban J connectivity index is 1.63. The topological polar surface area (TPSA) is 160 Å². The van der Waals surface area contributed by atoms with Gasteiger partial charge in [-0.3, -0.25) is 14.5 Å². The first kappa shape index (κ1) is 30.5. The van der Waals surface area contributed by atoms with Crippen molar-refractivity contribution in [3.8, 4) is 0 Å². The first-order valence-corrected chi connectivity index (χ1v) is 14.3. The minimum atomic E-state index is -2.48. The molecule has 2 unspecified atom stereocenters. The summed E-state index contributed by atoms with van der Waals surface area (Å²) >= 11 is -2.48. The maximum Gasteiger partial charge on any atom is 0.227 e. The van der Waals surface area contributed by atoms with Crippen LogP contribution in [0.1, 0.15) is 74.5 Å². The molecule has 0 saturated heterocycles. The normalized spacial score (nSPS) is 14.4. The fourth-order valence-corrected chi connectivity index (χ4v) is 4.78. The quantitative estimate of drug-likeness (QED) is 0.138. The fraction of sp³-hybridized carbons (Fsp3) is 0.481. The highest BCUT2D eigenvalue weighted by Gasteiger charge is 2.17. The number of nitrogens with zero attached hydrogens (tertiary/aromatic N) is 4. The SMILES string of the molecule is CCC[C@H](C[C@@H](C)NC(O)c1ccnc(NS(=O)[O-])c1)NCc1nc(Nc2cc(C)nc(C)c2)ncc1CC. The minimum Gasteiger partial charge on any atom is -0.755 e. The Labute approximate surface area is 233 Å². The Morgan fingerprint density at radius 1 is 1.10 bits per heavy atom. The largest absolute Gasteiger partial charge is 0.755 e. The molecule has 0 radical (unpaired) electrons. The number of hydrogen-bond acceptors (Lipinski definition) is 10. The molecule has 3 rings (SSSR count).